The van der Waals surface area contributed by atoms with Gasteiger partial charge in [0.15, 0.2) is 11.7 Å². The van der Waals surface area contributed by atoms with Crippen LogP contribution >= 0.6 is 22.9 Å². The molecule has 0 N–H and O–H groups in total. The predicted octanol–water partition coefficient (Wildman–Crippen LogP) is 4.66. The van der Waals surface area contributed by atoms with Crippen molar-refractivity contribution in [3.05, 3.63) is 66.2 Å². The van der Waals surface area contributed by atoms with E-state index < -0.39 is 0 Å². The van der Waals surface area contributed by atoms with Gasteiger partial charge in [-0.15, -0.1) is 0 Å². The Morgan fingerprint density at radius 2 is 2.06 bits per heavy atom. The largest absolute Gasteiger partial charge is 0.494 e. The molecule has 0 fully saturated rings. The zero-order chi connectivity index (χ0) is 21.6. The van der Waals surface area contributed by atoms with Crippen molar-refractivity contribution in [3.63, 3.8) is 0 Å². The second-order valence-corrected chi connectivity index (χ2v) is 8.11. The standard InChI is InChI=1S/C22H21ClN4O3S/c1-29-18-9-8-17(23)21-20(18)25-22(31-21)27(12-5-11-26-13-10-24-15-26)19(28)14-30-16-6-3-2-4-7-16/h2-4,6-10,13,15H,5,11-12,14H2,1H3. The number of benzene rings is 2. The maximum atomic E-state index is 13.1. The highest BCUT2D eigenvalue weighted by Gasteiger charge is 2.22. The number of nitrogens with zero attached hydrogens (tertiary/aromatic N) is 4. The summed E-state index contributed by atoms with van der Waals surface area (Å²) in [5.41, 5.74) is 0.645. The van der Waals surface area contributed by atoms with Crippen molar-refractivity contribution in [2.75, 3.05) is 25.2 Å². The lowest BCUT2D eigenvalue weighted by atomic mass is 10.3. The molecular formula is C22H21ClN4O3S. The highest BCUT2D eigenvalue weighted by molar-refractivity contribution is 7.23. The molecule has 4 aromatic rings. The lowest BCUT2D eigenvalue weighted by Crippen LogP contribution is -2.36. The van der Waals surface area contributed by atoms with Crippen LogP contribution in [0.15, 0.2) is 61.2 Å². The molecular weight excluding hydrogens is 436 g/mol. The molecule has 0 aliphatic carbocycles. The van der Waals surface area contributed by atoms with Gasteiger partial charge >= 0.3 is 0 Å². The summed E-state index contributed by atoms with van der Waals surface area (Å²) >= 11 is 7.74. The molecule has 160 valence electrons. The van der Waals surface area contributed by atoms with E-state index in [4.69, 9.17) is 21.1 Å². The van der Waals surface area contributed by atoms with E-state index >= 15 is 0 Å². The molecule has 2 aromatic heterocycles. The van der Waals surface area contributed by atoms with Crippen molar-refractivity contribution in [1.82, 2.24) is 14.5 Å². The molecule has 2 aromatic carbocycles. The average Bonchev–Trinajstić information content (AvgIpc) is 3.47. The summed E-state index contributed by atoms with van der Waals surface area (Å²) in [6.07, 6.45) is 6.12. The molecule has 0 aliphatic rings. The number of thiazole rings is 1. The van der Waals surface area contributed by atoms with Gasteiger partial charge in [0.2, 0.25) is 0 Å². The van der Waals surface area contributed by atoms with Gasteiger partial charge in [-0.05, 0) is 30.7 Å². The summed E-state index contributed by atoms with van der Waals surface area (Å²) in [7, 11) is 1.59. The van der Waals surface area contributed by atoms with Crippen LogP contribution in [0.5, 0.6) is 11.5 Å². The summed E-state index contributed by atoms with van der Waals surface area (Å²) in [6.45, 7) is 1.13. The Bertz CT molecular complexity index is 1150. The van der Waals surface area contributed by atoms with Gasteiger partial charge in [0.05, 0.1) is 23.2 Å². The number of carbonyl (C=O) groups is 1. The monoisotopic (exact) mass is 456 g/mol. The number of carbonyl (C=O) groups excluding carboxylic acids is 1. The van der Waals surface area contributed by atoms with E-state index in [0.29, 0.717) is 33.7 Å². The van der Waals surface area contributed by atoms with Crippen LogP contribution in [-0.4, -0.2) is 40.7 Å². The third-order valence-electron chi connectivity index (χ3n) is 4.66. The van der Waals surface area contributed by atoms with Gasteiger partial charge in [-0.25, -0.2) is 9.97 Å². The van der Waals surface area contributed by atoms with E-state index in [0.717, 1.165) is 17.7 Å². The number of rotatable bonds is 9. The third kappa shape index (κ3) is 4.98. The summed E-state index contributed by atoms with van der Waals surface area (Å²) < 4.78 is 13.9. The Labute approximate surface area is 188 Å². The number of methoxy groups -OCH3 is 1. The Morgan fingerprint density at radius 3 is 2.81 bits per heavy atom. The number of imidazole rings is 1. The van der Waals surface area contributed by atoms with Gasteiger partial charge < -0.3 is 14.0 Å². The van der Waals surface area contributed by atoms with E-state index in [-0.39, 0.29) is 12.5 Å². The molecule has 4 rings (SSSR count). The van der Waals surface area contributed by atoms with Crippen molar-refractivity contribution in [1.29, 1.82) is 0 Å². The minimum Gasteiger partial charge on any atom is -0.494 e. The smallest absolute Gasteiger partial charge is 0.266 e. The first-order chi connectivity index (χ1) is 15.2. The fourth-order valence-electron chi connectivity index (χ4n) is 3.12. The molecule has 0 saturated carbocycles. The Morgan fingerprint density at radius 1 is 1.23 bits per heavy atom. The van der Waals surface area contributed by atoms with Crippen LogP contribution in [-0.2, 0) is 11.3 Å². The van der Waals surface area contributed by atoms with Gasteiger partial charge in [-0.1, -0.05) is 41.1 Å². The third-order valence-corrected chi connectivity index (χ3v) is 6.20. The minimum absolute atomic E-state index is 0.0874. The number of halogens is 1. The molecule has 0 aliphatic heterocycles. The molecule has 31 heavy (non-hydrogen) atoms. The van der Waals surface area contributed by atoms with Crippen LogP contribution in [0.2, 0.25) is 5.02 Å². The van der Waals surface area contributed by atoms with Crippen molar-refractivity contribution in [3.8, 4) is 11.5 Å². The molecule has 9 heteroatoms. The number of hydrogen-bond donors (Lipinski definition) is 0. The van der Waals surface area contributed by atoms with Gasteiger partial charge in [-0.2, -0.15) is 0 Å². The molecule has 2 heterocycles. The van der Waals surface area contributed by atoms with Crippen LogP contribution < -0.4 is 14.4 Å². The number of aromatic nitrogens is 3. The fourth-order valence-corrected chi connectivity index (χ4v) is 4.42. The van der Waals surface area contributed by atoms with Crippen molar-refractivity contribution < 1.29 is 14.3 Å². The molecule has 0 spiro atoms. The first-order valence-electron chi connectivity index (χ1n) is 9.72. The van der Waals surface area contributed by atoms with E-state index in [2.05, 4.69) is 9.97 Å². The number of amides is 1. The minimum atomic E-state index is -0.177. The molecule has 0 saturated heterocycles. The number of anilines is 1. The zero-order valence-corrected chi connectivity index (χ0v) is 18.5. The zero-order valence-electron chi connectivity index (χ0n) is 16.9. The van der Waals surface area contributed by atoms with E-state index in [9.17, 15) is 4.79 Å². The van der Waals surface area contributed by atoms with E-state index in [1.54, 1.807) is 36.7 Å². The van der Waals surface area contributed by atoms with Crippen LogP contribution in [0.1, 0.15) is 6.42 Å². The molecule has 0 unspecified atom stereocenters. The van der Waals surface area contributed by atoms with Gasteiger partial charge in [0.1, 0.15) is 17.0 Å². The first-order valence-corrected chi connectivity index (χ1v) is 10.9. The van der Waals surface area contributed by atoms with Crippen LogP contribution in [0, 0.1) is 0 Å². The van der Waals surface area contributed by atoms with Gasteiger partial charge in [-0.3, -0.25) is 9.69 Å². The Hall–Kier alpha value is -3.10. The number of ether oxygens (including phenoxy) is 2. The Kier molecular flexibility index (Phi) is 6.69. The van der Waals surface area contributed by atoms with Crippen molar-refractivity contribution in [2.24, 2.45) is 0 Å². The maximum Gasteiger partial charge on any atom is 0.266 e. The SMILES string of the molecule is COc1ccc(Cl)c2sc(N(CCCn3ccnc3)C(=O)COc3ccccc3)nc12. The van der Waals surface area contributed by atoms with Crippen molar-refractivity contribution in [2.45, 2.75) is 13.0 Å². The Balaban J connectivity index is 1.57. The van der Waals surface area contributed by atoms with Gasteiger partial charge in [0, 0.05) is 25.5 Å². The average molecular weight is 457 g/mol. The summed E-state index contributed by atoms with van der Waals surface area (Å²) in [6, 6.07) is 12.8. The summed E-state index contributed by atoms with van der Waals surface area (Å²) in [4.78, 5) is 23.5. The number of para-hydroxylation sites is 1. The first kappa shape index (κ1) is 21.1. The molecule has 7 nitrogen and oxygen atoms in total. The fraction of sp³-hybridized carbons (Fsp3) is 0.227. The second-order valence-electron chi connectivity index (χ2n) is 6.72. The van der Waals surface area contributed by atoms with E-state index in [1.807, 2.05) is 41.1 Å². The number of fused-ring (bicyclic) bond motifs is 1. The molecule has 0 atom stereocenters. The molecule has 0 bridgehead atoms. The van der Waals surface area contributed by atoms with Crippen LogP contribution in [0.3, 0.4) is 0 Å². The normalized spacial score (nSPS) is 10.9. The lowest BCUT2D eigenvalue weighted by Gasteiger charge is -2.20. The highest BCUT2D eigenvalue weighted by Crippen LogP contribution is 2.38. The highest BCUT2D eigenvalue weighted by atomic mass is 35.5. The topological polar surface area (TPSA) is 69.5 Å². The molecule has 1 amide bonds. The second kappa shape index (κ2) is 9.80. The summed E-state index contributed by atoms with van der Waals surface area (Å²) in [5.74, 6) is 1.08. The quantitative estimate of drug-likeness (QED) is 0.366. The predicted molar refractivity (Wildman–Crippen MR) is 122 cm³/mol. The molecule has 0 radical (unpaired) electrons. The van der Waals surface area contributed by atoms with Crippen LogP contribution in [0.4, 0.5) is 5.13 Å². The van der Waals surface area contributed by atoms with Crippen LogP contribution in [0.25, 0.3) is 10.2 Å². The van der Waals surface area contributed by atoms with Crippen molar-refractivity contribution >= 4 is 44.2 Å². The van der Waals surface area contributed by atoms with Gasteiger partial charge in [0.25, 0.3) is 5.91 Å². The lowest BCUT2D eigenvalue weighted by molar-refractivity contribution is -0.120. The number of hydrogen-bond acceptors (Lipinski definition) is 6. The van der Waals surface area contributed by atoms with E-state index in [1.165, 1.54) is 11.3 Å². The summed E-state index contributed by atoms with van der Waals surface area (Å²) in [5, 5.41) is 1.14. The maximum absolute atomic E-state index is 13.1. The number of aryl methyl sites for hydroxylation is 1.